The normalized spacial score (nSPS) is 10.3. The number of rotatable bonds is 5. The number of nitrogens with one attached hydrogen (secondary N) is 1. The maximum absolute atomic E-state index is 11.6. The number of aryl methyl sites for hydroxylation is 2. The van der Waals surface area contributed by atoms with Gasteiger partial charge >= 0.3 is 5.97 Å². The van der Waals surface area contributed by atoms with Crippen molar-refractivity contribution in [2.24, 2.45) is 7.05 Å². The van der Waals surface area contributed by atoms with Crippen molar-refractivity contribution in [3.05, 3.63) is 17.0 Å². The second-order valence-electron chi connectivity index (χ2n) is 3.94. The Hall–Kier alpha value is -1.85. The summed E-state index contributed by atoms with van der Waals surface area (Å²) in [4.78, 5) is 21.9. The molecule has 0 spiro atoms. The molecule has 6 heteroatoms. The summed E-state index contributed by atoms with van der Waals surface area (Å²) in [5.41, 5.74) is 2.69. The van der Waals surface area contributed by atoms with E-state index in [1.807, 2.05) is 20.9 Å². The van der Waals surface area contributed by atoms with Crippen LogP contribution in [0.5, 0.6) is 0 Å². The number of aliphatic carboxylic acids is 1. The van der Waals surface area contributed by atoms with Gasteiger partial charge in [0.15, 0.2) is 0 Å². The average molecular weight is 239 g/mol. The molecule has 0 aliphatic rings. The standard InChI is InChI=1S/C11H17N3O3/c1-7-9(8(2)14(3)13-7)6-10(15)12-5-4-11(16)17/h4-6H2,1-3H3,(H,12,15)(H,16,17). The van der Waals surface area contributed by atoms with E-state index < -0.39 is 5.97 Å². The van der Waals surface area contributed by atoms with E-state index in [0.29, 0.717) is 0 Å². The molecule has 94 valence electrons. The molecule has 0 aliphatic heterocycles. The van der Waals surface area contributed by atoms with Gasteiger partial charge in [-0.2, -0.15) is 5.10 Å². The van der Waals surface area contributed by atoms with E-state index in [1.54, 1.807) is 4.68 Å². The molecule has 0 aromatic carbocycles. The highest BCUT2D eigenvalue weighted by Gasteiger charge is 2.13. The predicted molar refractivity (Wildman–Crippen MR) is 61.6 cm³/mol. The van der Waals surface area contributed by atoms with Crippen LogP contribution in [0.2, 0.25) is 0 Å². The minimum atomic E-state index is -0.918. The van der Waals surface area contributed by atoms with E-state index in [9.17, 15) is 9.59 Å². The second-order valence-corrected chi connectivity index (χ2v) is 3.94. The zero-order valence-corrected chi connectivity index (χ0v) is 10.3. The minimum Gasteiger partial charge on any atom is -0.481 e. The van der Waals surface area contributed by atoms with Gasteiger partial charge in [0, 0.05) is 24.8 Å². The largest absolute Gasteiger partial charge is 0.481 e. The van der Waals surface area contributed by atoms with Crippen LogP contribution in [0.25, 0.3) is 0 Å². The highest BCUT2D eigenvalue weighted by Crippen LogP contribution is 2.12. The van der Waals surface area contributed by atoms with Crippen LogP contribution in [0.15, 0.2) is 0 Å². The zero-order valence-electron chi connectivity index (χ0n) is 10.3. The first-order chi connectivity index (χ1) is 7.91. The molecule has 1 heterocycles. The molecule has 1 rings (SSSR count). The Kier molecular flexibility index (Phi) is 4.25. The highest BCUT2D eigenvalue weighted by molar-refractivity contribution is 5.79. The summed E-state index contributed by atoms with van der Waals surface area (Å²) in [5, 5.41) is 15.2. The van der Waals surface area contributed by atoms with Crippen LogP contribution >= 0.6 is 0 Å². The van der Waals surface area contributed by atoms with Crippen LogP contribution in [0.3, 0.4) is 0 Å². The lowest BCUT2D eigenvalue weighted by molar-refractivity contribution is -0.136. The van der Waals surface area contributed by atoms with Crippen LogP contribution in [-0.4, -0.2) is 33.3 Å². The molecule has 0 fully saturated rings. The number of aromatic nitrogens is 2. The van der Waals surface area contributed by atoms with E-state index in [0.717, 1.165) is 17.0 Å². The smallest absolute Gasteiger partial charge is 0.305 e. The molecule has 0 saturated heterocycles. The van der Waals surface area contributed by atoms with Gasteiger partial charge in [-0.3, -0.25) is 14.3 Å². The summed E-state index contributed by atoms with van der Waals surface area (Å²) in [5.74, 6) is -1.09. The fourth-order valence-electron chi connectivity index (χ4n) is 1.61. The quantitative estimate of drug-likeness (QED) is 0.767. The lowest BCUT2D eigenvalue weighted by Gasteiger charge is -2.04. The van der Waals surface area contributed by atoms with E-state index in [4.69, 9.17) is 5.11 Å². The van der Waals surface area contributed by atoms with Gasteiger partial charge in [-0.05, 0) is 13.8 Å². The van der Waals surface area contributed by atoms with Gasteiger partial charge in [0.25, 0.3) is 0 Å². The summed E-state index contributed by atoms with van der Waals surface area (Å²) in [6.07, 6.45) is 0.182. The molecule has 0 atom stereocenters. The average Bonchev–Trinajstić information content (AvgIpc) is 2.44. The fourth-order valence-corrected chi connectivity index (χ4v) is 1.61. The third-order valence-electron chi connectivity index (χ3n) is 2.66. The van der Waals surface area contributed by atoms with E-state index >= 15 is 0 Å². The van der Waals surface area contributed by atoms with Crippen molar-refractivity contribution in [3.63, 3.8) is 0 Å². The van der Waals surface area contributed by atoms with E-state index in [2.05, 4.69) is 10.4 Å². The molecule has 0 aliphatic carbocycles. The van der Waals surface area contributed by atoms with Gasteiger partial charge in [0.2, 0.25) is 5.91 Å². The van der Waals surface area contributed by atoms with E-state index in [1.165, 1.54) is 0 Å². The fraction of sp³-hybridized carbons (Fsp3) is 0.545. The lowest BCUT2D eigenvalue weighted by Crippen LogP contribution is -2.27. The van der Waals surface area contributed by atoms with Crippen molar-refractivity contribution in [1.82, 2.24) is 15.1 Å². The summed E-state index contributed by atoms with van der Waals surface area (Å²) in [7, 11) is 1.83. The SMILES string of the molecule is Cc1nn(C)c(C)c1CC(=O)NCCC(=O)O. The first-order valence-corrected chi connectivity index (χ1v) is 5.39. The Balaban J connectivity index is 2.53. The van der Waals surface area contributed by atoms with Gasteiger partial charge in [-0.15, -0.1) is 0 Å². The molecule has 0 unspecified atom stereocenters. The molecular formula is C11H17N3O3. The first-order valence-electron chi connectivity index (χ1n) is 5.39. The molecular weight excluding hydrogens is 222 g/mol. The third kappa shape index (κ3) is 3.58. The maximum Gasteiger partial charge on any atom is 0.305 e. The number of hydrogen-bond donors (Lipinski definition) is 2. The Morgan fingerprint density at radius 1 is 1.41 bits per heavy atom. The molecule has 0 bridgehead atoms. The Morgan fingerprint density at radius 2 is 2.06 bits per heavy atom. The molecule has 1 amide bonds. The van der Waals surface area contributed by atoms with Crippen molar-refractivity contribution in [2.75, 3.05) is 6.54 Å². The monoisotopic (exact) mass is 239 g/mol. The van der Waals surface area contributed by atoms with Crippen LogP contribution in [-0.2, 0) is 23.1 Å². The number of nitrogens with zero attached hydrogens (tertiary/aromatic N) is 2. The number of amides is 1. The molecule has 0 radical (unpaired) electrons. The van der Waals surface area contributed by atoms with Gasteiger partial charge in [0.05, 0.1) is 18.5 Å². The number of carbonyl (C=O) groups excluding carboxylic acids is 1. The second kappa shape index (κ2) is 5.47. The number of carboxylic acids is 1. The zero-order chi connectivity index (χ0) is 13.0. The predicted octanol–water partition coefficient (Wildman–Crippen LogP) is 0.170. The van der Waals surface area contributed by atoms with Crippen LogP contribution in [0, 0.1) is 13.8 Å². The topological polar surface area (TPSA) is 84.2 Å². The molecule has 1 aromatic heterocycles. The summed E-state index contributed by atoms with van der Waals surface area (Å²) in [6.45, 7) is 3.92. The van der Waals surface area contributed by atoms with Gasteiger partial charge in [0.1, 0.15) is 0 Å². The van der Waals surface area contributed by atoms with Crippen molar-refractivity contribution in [2.45, 2.75) is 26.7 Å². The molecule has 17 heavy (non-hydrogen) atoms. The number of hydrogen-bond acceptors (Lipinski definition) is 3. The third-order valence-corrected chi connectivity index (χ3v) is 2.66. The molecule has 1 aromatic rings. The van der Waals surface area contributed by atoms with Gasteiger partial charge in [-0.25, -0.2) is 0 Å². The van der Waals surface area contributed by atoms with Crippen molar-refractivity contribution >= 4 is 11.9 Å². The van der Waals surface area contributed by atoms with Gasteiger partial charge < -0.3 is 10.4 Å². The molecule has 0 saturated carbocycles. The summed E-state index contributed by atoms with van der Waals surface area (Å²) >= 11 is 0. The Bertz CT molecular complexity index is 437. The lowest BCUT2D eigenvalue weighted by atomic mass is 10.1. The maximum atomic E-state index is 11.6. The van der Waals surface area contributed by atoms with Crippen LogP contribution < -0.4 is 5.32 Å². The molecule has 2 N–H and O–H groups in total. The Morgan fingerprint density at radius 3 is 2.53 bits per heavy atom. The van der Waals surface area contributed by atoms with Gasteiger partial charge in [-0.1, -0.05) is 0 Å². The van der Waals surface area contributed by atoms with Crippen molar-refractivity contribution < 1.29 is 14.7 Å². The number of carbonyl (C=O) groups is 2. The summed E-state index contributed by atoms with van der Waals surface area (Å²) < 4.78 is 1.73. The molecule has 6 nitrogen and oxygen atoms in total. The minimum absolute atomic E-state index is 0.0588. The van der Waals surface area contributed by atoms with Crippen LogP contribution in [0.4, 0.5) is 0 Å². The van der Waals surface area contributed by atoms with Crippen LogP contribution in [0.1, 0.15) is 23.4 Å². The first kappa shape index (κ1) is 13.2. The summed E-state index contributed by atoms with van der Waals surface area (Å²) in [6, 6.07) is 0. The number of carboxylic acid groups (broad SMARTS) is 1. The van der Waals surface area contributed by atoms with E-state index in [-0.39, 0.29) is 25.3 Å². The highest BCUT2D eigenvalue weighted by atomic mass is 16.4. The Labute approximate surface area is 99.6 Å². The van der Waals surface area contributed by atoms with Crippen molar-refractivity contribution in [1.29, 1.82) is 0 Å². The van der Waals surface area contributed by atoms with Crippen molar-refractivity contribution in [3.8, 4) is 0 Å².